The van der Waals surface area contributed by atoms with Crippen molar-refractivity contribution in [1.29, 1.82) is 0 Å². The molecule has 0 spiro atoms. The second-order valence-corrected chi connectivity index (χ2v) is 5.26. The molecule has 2 aromatic rings. The third-order valence-electron chi connectivity index (χ3n) is 2.70. The topological polar surface area (TPSA) is 41.1 Å². The molecule has 5 heteroatoms. The molecule has 0 aromatic heterocycles. The van der Waals surface area contributed by atoms with E-state index in [9.17, 15) is 9.18 Å². The van der Waals surface area contributed by atoms with Crippen molar-refractivity contribution in [3.05, 3.63) is 76.1 Å². The molecule has 0 unspecified atom stereocenters. The molecular formula is C16H14BrFN2O. The molecule has 108 valence electrons. The van der Waals surface area contributed by atoms with Crippen molar-refractivity contribution in [2.24, 2.45) is 0 Å². The SMILES string of the molecule is O=C(N/C=C/c1ccc(F)cc1)NCc1cccc(Br)c1. The Kier molecular flexibility index (Phi) is 5.51. The van der Waals surface area contributed by atoms with Gasteiger partial charge in [0, 0.05) is 17.2 Å². The van der Waals surface area contributed by atoms with Gasteiger partial charge in [0.25, 0.3) is 0 Å². The number of benzene rings is 2. The first kappa shape index (κ1) is 15.3. The molecule has 0 saturated carbocycles. The van der Waals surface area contributed by atoms with Crippen LogP contribution in [0.1, 0.15) is 11.1 Å². The highest BCUT2D eigenvalue weighted by molar-refractivity contribution is 9.10. The summed E-state index contributed by atoms with van der Waals surface area (Å²) in [6.45, 7) is 0.440. The van der Waals surface area contributed by atoms with Crippen LogP contribution in [0, 0.1) is 5.82 Å². The van der Waals surface area contributed by atoms with Crippen molar-refractivity contribution in [2.75, 3.05) is 0 Å². The second kappa shape index (κ2) is 7.59. The first-order valence-electron chi connectivity index (χ1n) is 6.34. The standard InChI is InChI=1S/C16H14BrFN2O/c17-14-3-1-2-13(10-14)11-20-16(21)19-9-8-12-4-6-15(18)7-5-12/h1-10H,11H2,(H2,19,20,21)/b9-8+. The molecule has 0 radical (unpaired) electrons. The number of halogens is 2. The molecule has 0 atom stereocenters. The fourth-order valence-electron chi connectivity index (χ4n) is 1.67. The summed E-state index contributed by atoms with van der Waals surface area (Å²) in [7, 11) is 0. The Morgan fingerprint density at radius 3 is 2.67 bits per heavy atom. The molecule has 3 nitrogen and oxygen atoms in total. The molecule has 2 rings (SSSR count). The molecule has 21 heavy (non-hydrogen) atoms. The van der Waals surface area contributed by atoms with Crippen molar-refractivity contribution in [2.45, 2.75) is 6.54 Å². The summed E-state index contributed by atoms with van der Waals surface area (Å²) in [5, 5.41) is 5.33. The predicted molar refractivity (Wildman–Crippen MR) is 84.9 cm³/mol. The maximum absolute atomic E-state index is 12.7. The Bertz CT molecular complexity index is 641. The molecule has 0 aliphatic carbocycles. The lowest BCUT2D eigenvalue weighted by atomic mass is 10.2. The monoisotopic (exact) mass is 348 g/mol. The van der Waals surface area contributed by atoms with E-state index in [0.717, 1.165) is 15.6 Å². The number of carbonyl (C=O) groups is 1. The van der Waals surface area contributed by atoms with Gasteiger partial charge >= 0.3 is 6.03 Å². The highest BCUT2D eigenvalue weighted by atomic mass is 79.9. The van der Waals surface area contributed by atoms with E-state index >= 15 is 0 Å². The summed E-state index contributed by atoms with van der Waals surface area (Å²) in [5.41, 5.74) is 1.81. The Morgan fingerprint density at radius 1 is 1.19 bits per heavy atom. The minimum atomic E-state index is -0.298. The first-order valence-corrected chi connectivity index (χ1v) is 7.14. The third-order valence-corrected chi connectivity index (χ3v) is 3.20. The first-order chi connectivity index (χ1) is 10.1. The van der Waals surface area contributed by atoms with E-state index in [1.165, 1.54) is 18.3 Å². The van der Waals surface area contributed by atoms with Gasteiger partial charge in [0.1, 0.15) is 5.82 Å². The van der Waals surface area contributed by atoms with E-state index in [1.54, 1.807) is 18.2 Å². The van der Waals surface area contributed by atoms with Gasteiger partial charge in [-0.05, 0) is 41.5 Å². The predicted octanol–water partition coefficient (Wildman–Crippen LogP) is 4.06. The molecule has 0 aliphatic heterocycles. The fourth-order valence-corrected chi connectivity index (χ4v) is 2.11. The zero-order valence-corrected chi connectivity index (χ0v) is 12.7. The average molecular weight is 349 g/mol. The Hall–Kier alpha value is -2.14. The minimum Gasteiger partial charge on any atom is -0.334 e. The van der Waals surface area contributed by atoms with Crippen LogP contribution in [0.4, 0.5) is 9.18 Å². The molecule has 0 aliphatic rings. The molecule has 2 aromatic carbocycles. The van der Waals surface area contributed by atoms with Gasteiger partial charge in [-0.2, -0.15) is 0 Å². The van der Waals surface area contributed by atoms with Crippen LogP contribution in [0.15, 0.2) is 59.2 Å². The summed E-state index contributed by atoms with van der Waals surface area (Å²) >= 11 is 3.38. The number of hydrogen-bond donors (Lipinski definition) is 2. The smallest absolute Gasteiger partial charge is 0.319 e. The number of carbonyl (C=O) groups excluding carboxylic acids is 1. The van der Waals surface area contributed by atoms with Crippen LogP contribution in [0.25, 0.3) is 6.08 Å². The van der Waals surface area contributed by atoms with Crippen LogP contribution in [-0.2, 0) is 6.54 Å². The lowest BCUT2D eigenvalue weighted by molar-refractivity contribution is 0.244. The number of hydrogen-bond acceptors (Lipinski definition) is 1. The van der Waals surface area contributed by atoms with E-state index in [2.05, 4.69) is 26.6 Å². The van der Waals surface area contributed by atoms with E-state index in [-0.39, 0.29) is 11.8 Å². The lowest BCUT2D eigenvalue weighted by Gasteiger charge is -2.05. The van der Waals surface area contributed by atoms with Gasteiger partial charge in [-0.3, -0.25) is 0 Å². The van der Waals surface area contributed by atoms with Crippen molar-refractivity contribution in [3.63, 3.8) is 0 Å². The summed E-state index contributed by atoms with van der Waals surface area (Å²) in [4.78, 5) is 11.6. The van der Waals surface area contributed by atoms with Gasteiger partial charge in [0.05, 0.1) is 0 Å². The van der Waals surface area contributed by atoms with Gasteiger partial charge in [0.15, 0.2) is 0 Å². The Balaban J connectivity index is 1.78. The van der Waals surface area contributed by atoms with E-state index < -0.39 is 0 Å². The van der Waals surface area contributed by atoms with Crippen LogP contribution in [0.3, 0.4) is 0 Å². The zero-order chi connectivity index (χ0) is 15.1. The van der Waals surface area contributed by atoms with E-state index in [0.29, 0.717) is 6.54 Å². The number of urea groups is 1. The van der Waals surface area contributed by atoms with Gasteiger partial charge in [-0.15, -0.1) is 0 Å². The maximum Gasteiger partial charge on any atom is 0.319 e. The molecule has 0 bridgehead atoms. The normalized spacial score (nSPS) is 10.6. The van der Waals surface area contributed by atoms with Crippen LogP contribution < -0.4 is 10.6 Å². The number of nitrogens with one attached hydrogen (secondary N) is 2. The summed E-state index contributed by atoms with van der Waals surface area (Å²) in [5.74, 6) is -0.285. The van der Waals surface area contributed by atoms with Crippen molar-refractivity contribution >= 4 is 28.0 Å². The number of amides is 2. The Labute approximate surface area is 131 Å². The van der Waals surface area contributed by atoms with Crippen molar-refractivity contribution in [3.8, 4) is 0 Å². The number of rotatable bonds is 4. The molecule has 2 N–H and O–H groups in total. The largest absolute Gasteiger partial charge is 0.334 e. The van der Waals surface area contributed by atoms with E-state index in [4.69, 9.17) is 0 Å². The quantitative estimate of drug-likeness (QED) is 0.859. The van der Waals surface area contributed by atoms with Crippen LogP contribution in [-0.4, -0.2) is 6.03 Å². The van der Waals surface area contributed by atoms with Gasteiger partial charge < -0.3 is 10.6 Å². The van der Waals surface area contributed by atoms with Crippen LogP contribution in [0.2, 0.25) is 0 Å². The molecule has 2 amide bonds. The maximum atomic E-state index is 12.7. The Morgan fingerprint density at radius 2 is 1.95 bits per heavy atom. The highest BCUT2D eigenvalue weighted by Crippen LogP contribution is 2.11. The van der Waals surface area contributed by atoms with Crippen molar-refractivity contribution < 1.29 is 9.18 Å². The van der Waals surface area contributed by atoms with Crippen molar-refractivity contribution in [1.82, 2.24) is 10.6 Å². The zero-order valence-electron chi connectivity index (χ0n) is 11.1. The summed E-state index contributed by atoms with van der Waals surface area (Å²) < 4.78 is 13.7. The van der Waals surface area contributed by atoms with Gasteiger partial charge in [-0.25, -0.2) is 9.18 Å². The fraction of sp³-hybridized carbons (Fsp3) is 0.0625. The summed E-state index contributed by atoms with van der Waals surface area (Å²) in [6.07, 6.45) is 3.21. The molecular weight excluding hydrogens is 335 g/mol. The van der Waals surface area contributed by atoms with Gasteiger partial charge in [0.2, 0.25) is 0 Å². The van der Waals surface area contributed by atoms with Crippen LogP contribution in [0.5, 0.6) is 0 Å². The highest BCUT2D eigenvalue weighted by Gasteiger charge is 1.98. The van der Waals surface area contributed by atoms with Gasteiger partial charge in [-0.1, -0.05) is 40.2 Å². The lowest BCUT2D eigenvalue weighted by Crippen LogP contribution is -2.31. The van der Waals surface area contributed by atoms with E-state index in [1.807, 2.05) is 24.3 Å². The second-order valence-electron chi connectivity index (χ2n) is 4.34. The minimum absolute atomic E-state index is 0.285. The third kappa shape index (κ3) is 5.39. The average Bonchev–Trinajstić information content (AvgIpc) is 2.47. The molecule has 0 heterocycles. The molecule has 0 fully saturated rings. The summed E-state index contributed by atoms with van der Waals surface area (Å²) in [6, 6.07) is 13.4. The molecule has 0 saturated heterocycles. The van der Waals surface area contributed by atoms with Crippen LogP contribution >= 0.6 is 15.9 Å².